The smallest absolute Gasteiger partial charge is 0.405 e. The zero-order valence-corrected chi connectivity index (χ0v) is 14.7. The highest BCUT2D eigenvalue weighted by atomic mass is 35.5. The van der Waals surface area contributed by atoms with Crippen molar-refractivity contribution in [3.8, 4) is 11.5 Å². The lowest BCUT2D eigenvalue weighted by molar-refractivity contribution is -0.115. The van der Waals surface area contributed by atoms with Gasteiger partial charge in [0, 0.05) is 5.56 Å². The number of carbonyl (C=O) groups is 1. The van der Waals surface area contributed by atoms with E-state index in [1.807, 2.05) is 0 Å². The van der Waals surface area contributed by atoms with E-state index in [0.717, 1.165) is 0 Å². The molecule has 0 radical (unpaired) electrons. The normalized spacial score (nSPS) is 11.0. The number of benzene rings is 2. The van der Waals surface area contributed by atoms with Crippen molar-refractivity contribution >= 4 is 28.9 Å². The molecule has 0 heterocycles. The summed E-state index contributed by atoms with van der Waals surface area (Å²) in [5.74, 6) is -0.0271. The van der Waals surface area contributed by atoms with Crippen LogP contribution in [-0.4, -0.2) is 32.8 Å². The van der Waals surface area contributed by atoms with Crippen molar-refractivity contribution in [2.45, 2.75) is 6.18 Å². The Morgan fingerprint density at radius 3 is 2.35 bits per heavy atom. The molecule has 0 fully saturated rings. The fourth-order valence-corrected chi connectivity index (χ4v) is 2.47. The van der Waals surface area contributed by atoms with Gasteiger partial charge in [0.2, 0.25) is 0 Å². The largest absolute Gasteiger partial charge is 0.493 e. The van der Waals surface area contributed by atoms with E-state index >= 15 is 0 Å². The van der Waals surface area contributed by atoms with Gasteiger partial charge in [0.1, 0.15) is 6.54 Å². The van der Waals surface area contributed by atoms with Crippen LogP contribution in [0.4, 0.5) is 24.5 Å². The molecular formula is C17H16ClF3N2O3. The average Bonchev–Trinajstić information content (AvgIpc) is 2.59. The predicted octanol–water partition coefficient (Wildman–Crippen LogP) is 4.58. The number of carbonyl (C=O) groups excluding carboxylic acids is 1. The molecule has 5 nitrogen and oxygen atoms in total. The lowest BCUT2D eigenvalue weighted by Gasteiger charge is -2.15. The standard InChI is InChI=1S/C17H16ClF3N2O3/c1-25-14-8-10(7-11(18)15(14)26-2)16(24)23-13-6-4-3-5-12(13)22-9-17(19,20)21/h3-8,22H,9H2,1-2H3,(H,23,24). The molecular weight excluding hydrogens is 373 g/mol. The predicted molar refractivity (Wildman–Crippen MR) is 93.5 cm³/mol. The SMILES string of the molecule is COc1cc(C(=O)Nc2ccccc2NCC(F)(F)F)cc(Cl)c1OC. The summed E-state index contributed by atoms with van der Waals surface area (Å²) < 4.78 is 47.5. The second kappa shape index (κ2) is 8.18. The first kappa shape index (κ1) is 19.7. The maximum Gasteiger partial charge on any atom is 0.405 e. The summed E-state index contributed by atoms with van der Waals surface area (Å²) in [6.07, 6.45) is -4.38. The fourth-order valence-electron chi connectivity index (χ4n) is 2.19. The van der Waals surface area contributed by atoms with Crippen molar-refractivity contribution in [3.63, 3.8) is 0 Å². The summed E-state index contributed by atoms with van der Waals surface area (Å²) in [4.78, 5) is 12.5. The quantitative estimate of drug-likeness (QED) is 0.760. The average molecular weight is 389 g/mol. The van der Waals surface area contributed by atoms with Crippen molar-refractivity contribution in [2.24, 2.45) is 0 Å². The molecule has 140 valence electrons. The number of nitrogens with one attached hydrogen (secondary N) is 2. The Hall–Kier alpha value is -2.61. The topological polar surface area (TPSA) is 59.6 Å². The molecule has 26 heavy (non-hydrogen) atoms. The van der Waals surface area contributed by atoms with Gasteiger partial charge in [-0.05, 0) is 24.3 Å². The monoisotopic (exact) mass is 388 g/mol. The van der Waals surface area contributed by atoms with Crippen LogP contribution >= 0.6 is 11.6 Å². The second-order valence-electron chi connectivity index (χ2n) is 5.16. The van der Waals surface area contributed by atoms with Crippen molar-refractivity contribution in [3.05, 3.63) is 47.0 Å². The Bertz CT molecular complexity index is 797. The van der Waals surface area contributed by atoms with Gasteiger partial charge >= 0.3 is 6.18 Å². The van der Waals surface area contributed by atoms with Crippen LogP contribution in [0.2, 0.25) is 5.02 Å². The number of ether oxygens (including phenoxy) is 2. The van der Waals surface area contributed by atoms with Crippen LogP contribution in [0.1, 0.15) is 10.4 Å². The number of halogens is 4. The van der Waals surface area contributed by atoms with Gasteiger partial charge in [-0.3, -0.25) is 4.79 Å². The van der Waals surface area contributed by atoms with Crippen LogP contribution < -0.4 is 20.1 Å². The van der Waals surface area contributed by atoms with Gasteiger partial charge in [-0.1, -0.05) is 23.7 Å². The number of rotatable bonds is 6. The highest BCUT2D eigenvalue weighted by Crippen LogP contribution is 2.36. The van der Waals surface area contributed by atoms with Crippen molar-refractivity contribution in [2.75, 3.05) is 31.4 Å². The van der Waals surface area contributed by atoms with Crippen LogP contribution in [-0.2, 0) is 0 Å². The zero-order chi connectivity index (χ0) is 19.3. The maximum atomic E-state index is 12.5. The molecule has 0 aromatic heterocycles. The Balaban J connectivity index is 2.24. The van der Waals surface area contributed by atoms with Crippen LogP contribution in [0.25, 0.3) is 0 Å². The molecule has 2 N–H and O–H groups in total. The molecule has 0 aliphatic heterocycles. The summed E-state index contributed by atoms with van der Waals surface area (Å²) >= 11 is 6.07. The van der Waals surface area contributed by atoms with E-state index in [1.54, 1.807) is 12.1 Å². The maximum absolute atomic E-state index is 12.5. The van der Waals surface area contributed by atoms with Gasteiger partial charge in [-0.25, -0.2) is 0 Å². The third-order valence-electron chi connectivity index (χ3n) is 3.35. The van der Waals surface area contributed by atoms with E-state index in [4.69, 9.17) is 21.1 Å². The van der Waals surface area contributed by atoms with Gasteiger partial charge in [0.05, 0.1) is 30.6 Å². The molecule has 0 aliphatic carbocycles. The molecule has 0 saturated carbocycles. The van der Waals surface area contributed by atoms with Gasteiger partial charge in [-0.15, -0.1) is 0 Å². The van der Waals surface area contributed by atoms with E-state index in [1.165, 1.54) is 38.5 Å². The van der Waals surface area contributed by atoms with Gasteiger partial charge in [0.15, 0.2) is 11.5 Å². The number of anilines is 2. The van der Waals surface area contributed by atoms with Crippen LogP contribution in [0.15, 0.2) is 36.4 Å². The Morgan fingerprint density at radius 2 is 1.77 bits per heavy atom. The number of hydrogen-bond donors (Lipinski definition) is 2. The number of para-hydroxylation sites is 2. The molecule has 2 aromatic carbocycles. The lowest BCUT2D eigenvalue weighted by atomic mass is 10.1. The van der Waals surface area contributed by atoms with Gasteiger partial charge in [0.25, 0.3) is 5.91 Å². The summed E-state index contributed by atoms with van der Waals surface area (Å²) in [5, 5.41) is 4.97. The van der Waals surface area contributed by atoms with Crippen LogP contribution in [0, 0.1) is 0 Å². The minimum Gasteiger partial charge on any atom is -0.493 e. The van der Waals surface area contributed by atoms with E-state index < -0.39 is 18.6 Å². The fraction of sp³-hybridized carbons (Fsp3) is 0.235. The second-order valence-corrected chi connectivity index (χ2v) is 5.57. The minimum atomic E-state index is -4.38. The molecule has 9 heteroatoms. The number of methoxy groups -OCH3 is 2. The minimum absolute atomic E-state index is 0.143. The molecule has 0 unspecified atom stereocenters. The summed E-state index contributed by atoms with van der Waals surface area (Å²) in [6.45, 7) is -1.22. The van der Waals surface area contributed by atoms with Gasteiger partial charge < -0.3 is 20.1 Å². The van der Waals surface area contributed by atoms with E-state index in [-0.39, 0.29) is 33.5 Å². The first-order valence-electron chi connectivity index (χ1n) is 7.37. The van der Waals surface area contributed by atoms with Crippen molar-refractivity contribution in [1.82, 2.24) is 0 Å². The molecule has 1 amide bonds. The molecule has 0 aliphatic rings. The highest BCUT2D eigenvalue weighted by molar-refractivity contribution is 6.32. The first-order valence-corrected chi connectivity index (χ1v) is 7.75. The van der Waals surface area contributed by atoms with E-state index in [2.05, 4.69) is 10.6 Å². The third-order valence-corrected chi connectivity index (χ3v) is 3.63. The van der Waals surface area contributed by atoms with Crippen molar-refractivity contribution < 1.29 is 27.4 Å². The number of amides is 1. The van der Waals surface area contributed by atoms with Crippen LogP contribution in [0.5, 0.6) is 11.5 Å². The molecule has 0 spiro atoms. The summed E-state index contributed by atoms with van der Waals surface area (Å²) in [5.41, 5.74) is 0.510. The molecule has 0 atom stereocenters. The highest BCUT2D eigenvalue weighted by Gasteiger charge is 2.27. The molecule has 0 saturated heterocycles. The zero-order valence-electron chi connectivity index (χ0n) is 13.9. The Morgan fingerprint density at radius 1 is 1.12 bits per heavy atom. The summed E-state index contributed by atoms with van der Waals surface area (Å²) in [6, 6.07) is 8.87. The molecule has 2 aromatic rings. The van der Waals surface area contributed by atoms with Gasteiger partial charge in [-0.2, -0.15) is 13.2 Å². The number of hydrogen-bond acceptors (Lipinski definition) is 4. The number of alkyl halides is 3. The van der Waals surface area contributed by atoms with E-state index in [0.29, 0.717) is 0 Å². The molecule has 2 rings (SSSR count). The Labute approximate surface area is 153 Å². The van der Waals surface area contributed by atoms with E-state index in [9.17, 15) is 18.0 Å². The first-order chi connectivity index (χ1) is 12.2. The third kappa shape index (κ3) is 4.95. The molecule has 0 bridgehead atoms. The van der Waals surface area contributed by atoms with Crippen LogP contribution in [0.3, 0.4) is 0 Å². The van der Waals surface area contributed by atoms with Crippen molar-refractivity contribution in [1.29, 1.82) is 0 Å². The lowest BCUT2D eigenvalue weighted by Crippen LogP contribution is -2.22. The summed E-state index contributed by atoms with van der Waals surface area (Å²) in [7, 11) is 2.80. The Kier molecular flexibility index (Phi) is 6.20.